The van der Waals surface area contributed by atoms with Gasteiger partial charge in [-0.15, -0.1) is 16.4 Å². The minimum absolute atomic E-state index is 0.234. The summed E-state index contributed by atoms with van der Waals surface area (Å²) in [6, 6.07) is 12.8. The molecule has 0 aliphatic heterocycles. The van der Waals surface area contributed by atoms with Crippen molar-refractivity contribution in [2.24, 2.45) is 0 Å². The van der Waals surface area contributed by atoms with Crippen molar-refractivity contribution in [2.45, 2.75) is 20.1 Å². The van der Waals surface area contributed by atoms with E-state index in [9.17, 15) is 9.18 Å². The maximum absolute atomic E-state index is 13.1. The number of aromatic nitrogens is 5. The van der Waals surface area contributed by atoms with Crippen molar-refractivity contribution in [2.75, 3.05) is 5.32 Å². The van der Waals surface area contributed by atoms with Gasteiger partial charge >= 0.3 is 0 Å². The number of amides is 1. The van der Waals surface area contributed by atoms with Gasteiger partial charge in [-0.1, -0.05) is 0 Å². The predicted molar refractivity (Wildman–Crippen MR) is 110 cm³/mol. The Kier molecular flexibility index (Phi) is 5.75. The average Bonchev–Trinajstić information content (AvgIpc) is 3.42. The molecule has 0 saturated carbocycles. The van der Waals surface area contributed by atoms with Crippen molar-refractivity contribution >= 4 is 22.4 Å². The van der Waals surface area contributed by atoms with Crippen molar-refractivity contribution in [3.05, 3.63) is 71.1 Å². The lowest BCUT2D eigenvalue weighted by Crippen LogP contribution is -2.11. The molecule has 2 heterocycles. The van der Waals surface area contributed by atoms with Gasteiger partial charge in [0.1, 0.15) is 18.2 Å². The Morgan fingerprint density at radius 2 is 1.93 bits per heavy atom. The monoisotopic (exact) mass is 424 g/mol. The Morgan fingerprint density at radius 3 is 2.67 bits per heavy atom. The zero-order valence-electron chi connectivity index (χ0n) is 15.9. The molecule has 0 aliphatic rings. The maximum Gasteiger partial charge on any atom is 0.257 e. The van der Waals surface area contributed by atoms with Crippen molar-refractivity contribution in [1.29, 1.82) is 0 Å². The van der Waals surface area contributed by atoms with Crippen LogP contribution < -0.4 is 10.1 Å². The van der Waals surface area contributed by atoms with Crippen molar-refractivity contribution in [3.63, 3.8) is 0 Å². The number of ether oxygens (including phenoxy) is 1. The number of rotatable bonds is 7. The van der Waals surface area contributed by atoms with E-state index in [4.69, 9.17) is 4.74 Å². The molecule has 10 heteroatoms. The number of anilines is 1. The molecule has 2 aromatic carbocycles. The highest BCUT2D eigenvalue weighted by Gasteiger charge is 2.11. The van der Waals surface area contributed by atoms with Crippen LogP contribution in [0.4, 0.5) is 9.52 Å². The second-order valence-corrected chi connectivity index (χ2v) is 7.08. The van der Waals surface area contributed by atoms with E-state index in [-0.39, 0.29) is 18.3 Å². The smallest absolute Gasteiger partial charge is 0.257 e. The van der Waals surface area contributed by atoms with E-state index in [1.54, 1.807) is 41.1 Å². The summed E-state index contributed by atoms with van der Waals surface area (Å²) in [5.74, 6) is 0.639. The molecular formula is C20H17FN6O2S. The Labute approximate surface area is 175 Å². The van der Waals surface area contributed by atoms with Crippen LogP contribution in [-0.2, 0) is 13.2 Å². The Bertz CT molecular complexity index is 1140. The van der Waals surface area contributed by atoms with E-state index >= 15 is 0 Å². The zero-order chi connectivity index (χ0) is 20.9. The van der Waals surface area contributed by atoms with Crippen LogP contribution in [-0.4, -0.2) is 31.1 Å². The quantitative estimate of drug-likeness (QED) is 0.485. The highest BCUT2D eigenvalue weighted by molar-refractivity contribution is 7.14. The van der Waals surface area contributed by atoms with E-state index in [1.807, 2.05) is 12.3 Å². The van der Waals surface area contributed by atoms with E-state index in [2.05, 4.69) is 25.8 Å². The summed E-state index contributed by atoms with van der Waals surface area (Å²) in [5, 5.41) is 16.4. The molecule has 0 unspecified atom stereocenters. The first kappa shape index (κ1) is 19.6. The highest BCUT2D eigenvalue weighted by atomic mass is 32.1. The SMILES string of the molecule is CCn1nnnc1COc1ccc(C(=O)Nc2nc(-c3ccc(F)cc3)cs2)cc1. The third kappa shape index (κ3) is 4.49. The summed E-state index contributed by atoms with van der Waals surface area (Å²) < 4.78 is 20.4. The number of nitrogens with one attached hydrogen (secondary N) is 1. The number of carbonyl (C=O) groups excluding carboxylic acids is 1. The van der Waals surface area contributed by atoms with Gasteiger partial charge in [0.25, 0.3) is 5.91 Å². The van der Waals surface area contributed by atoms with Crippen LogP contribution in [0.3, 0.4) is 0 Å². The topological polar surface area (TPSA) is 94.8 Å². The number of halogens is 1. The van der Waals surface area contributed by atoms with Gasteiger partial charge in [0, 0.05) is 23.1 Å². The summed E-state index contributed by atoms with van der Waals surface area (Å²) in [6.07, 6.45) is 0. The molecule has 0 fully saturated rings. The van der Waals surface area contributed by atoms with Crippen LogP contribution in [0, 0.1) is 5.82 Å². The third-order valence-electron chi connectivity index (χ3n) is 4.25. The second-order valence-electron chi connectivity index (χ2n) is 6.22. The molecule has 0 spiro atoms. The second kappa shape index (κ2) is 8.78. The zero-order valence-corrected chi connectivity index (χ0v) is 16.8. The van der Waals surface area contributed by atoms with Gasteiger partial charge in [-0.05, 0) is 65.9 Å². The summed E-state index contributed by atoms with van der Waals surface area (Å²) in [4.78, 5) is 16.9. The van der Waals surface area contributed by atoms with Crippen molar-refractivity contribution in [3.8, 4) is 17.0 Å². The lowest BCUT2D eigenvalue weighted by atomic mass is 10.2. The maximum atomic E-state index is 13.1. The fraction of sp³-hybridized carbons (Fsp3) is 0.150. The van der Waals surface area contributed by atoms with Crippen LogP contribution in [0.15, 0.2) is 53.9 Å². The number of aryl methyl sites for hydroxylation is 1. The molecule has 4 aromatic rings. The van der Waals surface area contributed by atoms with Crippen LogP contribution in [0.5, 0.6) is 5.75 Å². The molecule has 0 radical (unpaired) electrons. The van der Waals surface area contributed by atoms with Crippen LogP contribution in [0.25, 0.3) is 11.3 Å². The van der Waals surface area contributed by atoms with E-state index < -0.39 is 0 Å². The number of thiazole rings is 1. The van der Waals surface area contributed by atoms with Crippen LogP contribution >= 0.6 is 11.3 Å². The van der Waals surface area contributed by atoms with E-state index in [0.29, 0.717) is 34.5 Å². The fourth-order valence-electron chi connectivity index (χ4n) is 2.68. The summed E-state index contributed by atoms with van der Waals surface area (Å²) in [5.41, 5.74) is 1.93. The number of nitrogens with zero attached hydrogens (tertiary/aromatic N) is 5. The van der Waals surface area contributed by atoms with E-state index in [1.165, 1.54) is 23.5 Å². The van der Waals surface area contributed by atoms with Gasteiger partial charge in [0.05, 0.1) is 5.69 Å². The fourth-order valence-corrected chi connectivity index (χ4v) is 3.39. The minimum Gasteiger partial charge on any atom is -0.486 e. The number of benzene rings is 2. The average molecular weight is 424 g/mol. The highest BCUT2D eigenvalue weighted by Crippen LogP contribution is 2.25. The molecule has 0 aliphatic carbocycles. The summed E-state index contributed by atoms with van der Waals surface area (Å²) in [7, 11) is 0. The molecule has 1 amide bonds. The van der Waals surface area contributed by atoms with Gasteiger partial charge in [-0.3, -0.25) is 10.1 Å². The lowest BCUT2D eigenvalue weighted by molar-refractivity contribution is 0.102. The first-order valence-electron chi connectivity index (χ1n) is 9.13. The first-order chi connectivity index (χ1) is 14.6. The normalized spacial score (nSPS) is 10.7. The summed E-state index contributed by atoms with van der Waals surface area (Å²) >= 11 is 1.30. The van der Waals surface area contributed by atoms with E-state index in [0.717, 1.165) is 5.56 Å². The molecule has 1 N–H and O–H groups in total. The molecule has 0 saturated heterocycles. The van der Waals surface area contributed by atoms with Crippen LogP contribution in [0.1, 0.15) is 23.1 Å². The molecule has 4 rings (SSSR count). The standard InChI is InChI=1S/C20H17FN6O2S/c1-2-27-18(24-25-26-27)11-29-16-9-5-14(6-10-16)19(28)23-20-22-17(12-30-20)13-3-7-15(21)8-4-13/h3-10,12H,2,11H2,1H3,(H,22,23,28). The van der Waals surface area contributed by atoms with Crippen LogP contribution in [0.2, 0.25) is 0 Å². The molecule has 8 nitrogen and oxygen atoms in total. The Balaban J connectivity index is 1.36. The van der Waals surface area contributed by atoms with Gasteiger partial charge in [0.15, 0.2) is 11.0 Å². The van der Waals surface area contributed by atoms with Gasteiger partial charge in [-0.2, -0.15) is 0 Å². The van der Waals surface area contributed by atoms with Gasteiger partial charge < -0.3 is 4.74 Å². The first-order valence-corrected chi connectivity index (χ1v) is 10.0. The van der Waals surface area contributed by atoms with Crippen molar-refractivity contribution < 1.29 is 13.9 Å². The Morgan fingerprint density at radius 1 is 1.17 bits per heavy atom. The number of hydrogen-bond donors (Lipinski definition) is 1. The number of tetrazole rings is 1. The minimum atomic E-state index is -0.307. The number of carbonyl (C=O) groups is 1. The predicted octanol–water partition coefficient (Wildman–Crippen LogP) is 3.79. The molecule has 152 valence electrons. The molecular weight excluding hydrogens is 407 g/mol. The Hall–Kier alpha value is -3.66. The van der Waals surface area contributed by atoms with Gasteiger partial charge in [-0.25, -0.2) is 14.1 Å². The molecule has 30 heavy (non-hydrogen) atoms. The molecule has 0 atom stereocenters. The third-order valence-corrected chi connectivity index (χ3v) is 5.01. The van der Waals surface area contributed by atoms with Gasteiger partial charge in [0.2, 0.25) is 0 Å². The molecule has 2 aromatic heterocycles. The van der Waals surface area contributed by atoms with Crippen molar-refractivity contribution in [1.82, 2.24) is 25.2 Å². The largest absolute Gasteiger partial charge is 0.486 e. The lowest BCUT2D eigenvalue weighted by Gasteiger charge is -2.07. The molecule has 0 bridgehead atoms. The summed E-state index contributed by atoms with van der Waals surface area (Å²) in [6.45, 7) is 2.83. The number of hydrogen-bond acceptors (Lipinski definition) is 7.